The Hall–Kier alpha value is -2.89. The van der Waals surface area contributed by atoms with Crippen molar-refractivity contribution in [3.63, 3.8) is 0 Å². The molecule has 6 heteroatoms. The van der Waals surface area contributed by atoms with E-state index in [0.717, 1.165) is 23.4 Å². The van der Waals surface area contributed by atoms with E-state index in [2.05, 4.69) is 29.4 Å². The molecule has 25 heavy (non-hydrogen) atoms. The number of amides is 1. The number of aromatic nitrogens is 4. The Kier molecular flexibility index (Phi) is 4.97. The predicted octanol–water partition coefficient (Wildman–Crippen LogP) is 2.73. The van der Waals surface area contributed by atoms with Gasteiger partial charge < -0.3 is 5.32 Å². The molecule has 0 spiro atoms. The number of carbonyl (C=O) groups excluding carboxylic acids is 1. The topological polar surface area (TPSA) is 64.7 Å². The lowest BCUT2D eigenvalue weighted by atomic mass is 10.1. The van der Waals surface area contributed by atoms with E-state index in [9.17, 15) is 4.79 Å². The number of benzene rings is 1. The van der Waals surface area contributed by atoms with Crippen molar-refractivity contribution in [3.05, 3.63) is 65.7 Å². The Morgan fingerprint density at radius 2 is 2.00 bits per heavy atom. The average Bonchev–Trinajstić information content (AvgIpc) is 3.22. The lowest BCUT2D eigenvalue weighted by molar-refractivity contribution is 0.0941. The van der Waals surface area contributed by atoms with Crippen molar-refractivity contribution in [1.29, 1.82) is 0 Å². The fraction of sp³-hybridized carbons (Fsp3) is 0.316. The number of rotatable bonds is 6. The third-order valence-electron chi connectivity index (χ3n) is 3.94. The molecule has 1 amide bonds. The minimum atomic E-state index is -0.110. The first kappa shape index (κ1) is 17.0. The van der Waals surface area contributed by atoms with Crippen molar-refractivity contribution in [2.24, 2.45) is 13.0 Å². The molecule has 0 fully saturated rings. The molecule has 0 saturated carbocycles. The van der Waals surface area contributed by atoms with Crippen LogP contribution in [0.3, 0.4) is 0 Å². The van der Waals surface area contributed by atoms with Crippen LogP contribution in [-0.2, 0) is 20.0 Å². The summed E-state index contributed by atoms with van der Waals surface area (Å²) < 4.78 is 3.45. The summed E-state index contributed by atoms with van der Waals surface area (Å²) in [5, 5.41) is 11.6. The van der Waals surface area contributed by atoms with Gasteiger partial charge in [-0.05, 0) is 42.2 Å². The fourth-order valence-electron chi connectivity index (χ4n) is 2.72. The third-order valence-corrected chi connectivity index (χ3v) is 3.94. The summed E-state index contributed by atoms with van der Waals surface area (Å²) in [6.07, 6.45) is 4.51. The normalized spacial score (nSPS) is 11.0. The molecule has 3 rings (SSSR count). The van der Waals surface area contributed by atoms with Crippen molar-refractivity contribution >= 4 is 5.91 Å². The van der Waals surface area contributed by atoms with E-state index in [1.807, 2.05) is 42.6 Å². The van der Waals surface area contributed by atoms with Crippen LogP contribution in [0.5, 0.6) is 0 Å². The quantitative estimate of drug-likeness (QED) is 0.752. The van der Waals surface area contributed by atoms with E-state index in [4.69, 9.17) is 0 Å². The Morgan fingerprint density at radius 3 is 2.64 bits per heavy atom. The van der Waals surface area contributed by atoms with Gasteiger partial charge in [-0.3, -0.25) is 9.48 Å². The van der Waals surface area contributed by atoms with Crippen LogP contribution in [0.25, 0.3) is 5.69 Å². The second-order valence-electron chi connectivity index (χ2n) is 6.54. The summed E-state index contributed by atoms with van der Waals surface area (Å²) in [5.41, 5.74) is 3.56. The van der Waals surface area contributed by atoms with Gasteiger partial charge in [0.15, 0.2) is 0 Å². The maximum absolute atomic E-state index is 12.4. The maximum Gasteiger partial charge on any atom is 0.269 e. The number of hydrogen-bond acceptors (Lipinski definition) is 3. The molecule has 6 nitrogen and oxygen atoms in total. The Bertz CT molecular complexity index is 831. The average molecular weight is 337 g/mol. The largest absolute Gasteiger partial charge is 0.347 e. The summed E-state index contributed by atoms with van der Waals surface area (Å²) in [6, 6.07) is 11.7. The van der Waals surface area contributed by atoms with Crippen molar-refractivity contribution < 1.29 is 4.79 Å². The van der Waals surface area contributed by atoms with Gasteiger partial charge in [0.05, 0.1) is 11.4 Å². The van der Waals surface area contributed by atoms with Crippen molar-refractivity contribution in [2.45, 2.75) is 26.8 Å². The van der Waals surface area contributed by atoms with E-state index in [1.165, 1.54) is 0 Å². The molecule has 1 N–H and O–H groups in total. The van der Waals surface area contributed by atoms with Gasteiger partial charge in [0.25, 0.3) is 5.91 Å². The zero-order chi connectivity index (χ0) is 17.8. The third kappa shape index (κ3) is 4.15. The van der Waals surface area contributed by atoms with Crippen LogP contribution in [0.4, 0.5) is 0 Å². The molecule has 2 aromatic heterocycles. The highest BCUT2D eigenvalue weighted by Gasteiger charge is 2.13. The van der Waals surface area contributed by atoms with E-state index in [0.29, 0.717) is 18.2 Å². The molecule has 3 aromatic rings. The lowest BCUT2D eigenvalue weighted by Crippen LogP contribution is -2.25. The molecule has 0 radical (unpaired) electrons. The van der Waals surface area contributed by atoms with Crippen LogP contribution in [0.15, 0.2) is 48.8 Å². The number of nitrogens with zero attached hydrogens (tertiary/aromatic N) is 4. The molecule has 0 unspecified atom stereocenters. The highest BCUT2D eigenvalue weighted by molar-refractivity contribution is 5.92. The minimum absolute atomic E-state index is 0.110. The van der Waals surface area contributed by atoms with Crippen LogP contribution in [0.1, 0.15) is 35.6 Å². The van der Waals surface area contributed by atoms with Crippen LogP contribution in [0.2, 0.25) is 0 Å². The molecule has 0 bridgehead atoms. The molecule has 0 aliphatic heterocycles. The molecular weight excluding hydrogens is 314 g/mol. The SMILES string of the molecule is CC(C)Cc1cc(C(=O)NCc2ccc(-n3cccn3)cc2)n(C)n1. The smallest absolute Gasteiger partial charge is 0.269 e. The van der Waals surface area contributed by atoms with Crippen LogP contribution < -0.4 is 5.32 Å². The molecule has 2 heterocycles. The Labute approximate surface area is 147 Å². The molecular formula is C19H23N5O. The van der Waals surface area contributed by atoms with Crippen molar-refractivity contribution in [1.82, 2.24) is 24.9 Å². The standard InChI is InChI=1S/C19H23N5O/c1-14(2)11-16-12-18(23(3)22-16)19(25)20-13-15-5-7-17(8-6-15)24-10-4-9-21-24/h4-10,12,14H,11,13H2,1-3H3,(H,20,25). The van der Waals surface area contributed by atoms with E-state index in [1.54, 1.807) is 22.6 Å². The zero-order valence-corrected chi connectivity index (χ0v) is 14.8. The molecule has 1 aromatic carbocycles. The summed E-state index contributed by atoms with van der Waals surface area (Å²) in [7, 11) is 1.80. The van der Waals surface area contributed by atoms with Crippen molar-refractivity contribution in [3.8, 4) is 5.69 Å². The summed E-state index contributed by atoms with van der Waals surface area (Å²) in [4.78, 5) is 12.4. The Morgan fingerprint density at radius 1 is 1.24 bits per heavy atom. The highest BCUT2D eigenvalue weighted by atomic mass is 16.2. The summed E-state index contributed by atoms with van der Waals surface area (Å²) in [6.45, 7) is 4.76. The van der Waals surface area contributed by atoms with E-state index < -0.39 is 0 Å². The number of nitrogens with one attached hydrogen (secondary N) is 1. The monoisotopic (exact) mass is 337 g/mol. The van der Waals surface area contributed by atoms with Crippen molar-refractivity contribution in [2.75, 3.05) is 0 Å². The number of carbonyl (C=O) groups is 1. The van der Waals surface area contributed by atoms with Gasteiger partial charge in [0, 0.05) is 26.0 Å². The van der Waals surface area contributed by atoms with Gasteiger partial charge in [-0.2, -0.15) is 10.2 Å². The van der Waals surface area contributed by atoms with Gasteiger partial charge in [0.1, 0.15) is 5.69 Å². The minimum Gasteiger partial charge on any atom is -0.347 e. The Balaban J connectivity index is 1.61. The second-order valence-corrected chi connectivity index (χ2v) is 6.54. The van der Waals surface area contributed by atoms with E-state index >= 15 is 0 Å². The van der Waals surface area contributed by atoms with Gasteiger partial charge in [0.2, 0.25) is 0 Å². The first-order valence-electron chi connectivity index (χ1n) is 8.43. The molecule has 0 saturated heterocycles. The second kappa shape index (κ2) is 7.34. The number of hydrogen-bond donors (Lipinski definition) is 1. The molecule has 0 aliphatic carbocycles. The van der Waals surface area contributed by atoms with Gasteiger partial charge >= 0.3 is 0 Å². The van der Waals surface area contributed by atoms with Crippen LogP contribution in [-0.4, -0.2) is 25.5 Å². The summed E-state index contributed by atoms with van der Waals surface area (Å²) in [5.74, 6) is 0.403. The van der Waals surface area contributed by atoms with Gasteiger partial charge in [-0.15, -0.1) is 0 Å². The maximum atomic E-state index is 12.4. The number of aryl methyl sites for hydroxylation is 1. The molecule has 130 valence electrons. The first-order chi connectivity index (χ1) is 12.0. The fourth-order valence-corrected chi connectivity index (χ4v) is 2.72. The molecule has 0 aliphatic rings. The zero-order valence-electron chi connectivity index (χ0n) is 14.8. The molecule has 0 atom stereocenters. The van der Waals surface area contributed by atoms with Gasteiger partial charge in [-0.25, -0.2) is 4.68 Å². The van der Waals surface area contributed by atoms with Crippen LogP contribution >= 0.6 is 0 Å². The summed E-state index contributed by atoms with van der Waals surface area (Å²) >= 11 is 0. The highest BCUT2D eigenvalue weighted by Crippen LogP contribution is 2.11. The van der Waals surface area contributed by atoms with E-state index in [-0.39, 0.29) is 5.91 Å². The van der Waals surface area contributed by atoms with Gasteiger partial charge in [-0.1, -0.05) is 26.0 Å². The van der Waals surface area contributed by atoms with Crippen LogP contribution in [0, 0.1) is 5.92 Å². The predicted molar refractivity (Wildman–Crippen MR) is 96.5 cm³/mol. The first-order valence-corrected chi connectivity index (χ1v) is 8.43. The lowest BCUT2D eigenvalue weighted by Gasteiger charge is -2.07.